The van der Waals surface area contributed by atoms with Crippen LogP contribution in [0.3, 0.4) is 0 Å². The average molecular weight is 307 g/mol. The quantitative estimate of drug-likeness (QED) is 0.724. The van der Waals surface area contributed by atoms with Crippen molar-refractivity contribution in [3.8, 4) is 17.2 Å². The van der Waals surface area contributed by atoms with Crippen LogP contribution >= 0.6 is 0 Å². The summed E-state index contributed by atoms with van der Waals surface area (Å²) in [6.45, 7) is -0.307. The Hall–Kier alpha value is -3.17. The van der Waals surface area contributed by atoms with E-state index in [1.807, 2.05) is 24.3 Å². The van der Waals surface area contributed by atoms with Crippen LogP contribution in [0.1, 0.15) is 21.5 Å². The second-order valence-corrected chi connectivity index (χ2v) is 4.95. The first-order chi connectivity index (χ1) is 11.2. The standard InChI is InChI=1S/C17H13N3O3/c1-23-17(22)11-4-12(7-18)14(8-21)13(5-11)10-2-3-15-16(6-10)20-9-19-15/h2-6,9,21H,8H2,1H3,(H,19,20). The third-order valence-electron chi connectivity index (χ3n) is 3.68. The molecule has 0 amide bonds. The van der Waals surface area contributed by atoms with Crippen LogP contribution in [0.25, 0.3) is 22.2 Å². The van der Waals surface area contributed by atoms with E-state index in [0.717, 1.165) is 16.6 Å². The molecular weight excluding hydrogens is 294 g/mol. The van der Waals surface area contributed by atoms with Gasteiger partial charge in [-0.1, -0.05) is 6.07 Å². The van der Waals surface area contributed by atoms with Crippen molar-refractivity contribution in [3.63, 3.8) is 0 Å². The number of carbonyl (C=O) groups is 1. The van der Waals surface area contributed by atoms with Gasteiger partial charge < -0.3 is 14.8 Å². The lowest BCUT2D eigenvalue weighted by molar-refractivity contribution is 0.0600. The summed E-state index contributed by atoms with van der Waals surface area (Å²) in [5, 5.41) is 19.0. The molecule has 2 N–H and O–H groups in total. The van der Waals surface area contributed by atoms with Crippen molar-refractivity contribution in [2.24, 2.45) is 0 Å². The average Bonchev–Trinajstić information content (AvgIpc) is 3.07. The van der Waals surface area contributed by atoms with Crippen LogP contribution in [0.15, 0.2) is 36.7 Å². The smallest absolute Gasteiger partial charge is 0.337 e. The maximum absolute atomic E-state index is 11.8. The highest BCUT2D eigenvalue weighted by atomic mass is 16.5. The predicted octanol–water partition coefficient (Wildman–Crippen LogP) is 2.38. The number of hydrogen-bond donors (Lipinski definition) is 2. The third kappa shape index (κ3) is 2.54. The number of methoxy groups -OCH3 is 1. The number of aromatic nitrogens is 2. The molecule has 0 aliphatic carbocycles. The minimum atomic E-state index is -0.534. The molecule has 114 valence electrons. The number of nitrogens with zero attached hydrogens (tertiary/aromatic N) is 2. The monoisotopic (exact) mass is 307 g/mol. The molecule has 0 radical (unpaired) electrons. The number of H-pyrrole nitrogens is 1. The highest BCUT2D eigenvalue weighted by molar-refractivity contribution is 5.93. The van der Waals surface area contributed by atoms with Crippen LogP contribution in [0.2, 0.25) is 0 Å². The van der Waals surface area contributed by atoms with Crippen molar-refractivity contribution in [2.45, 2.75) is 6.61 Å². The second kappa shape index (κ2) is 5.91. The van der Waals surface area contributed by atoms with Crippen LogP contribution in [-0.4, -0.2) is 28.2 Å². The van der Waals surface area contributed by atoms with E-state index in [4.69, 9.17) is 4.74 Å². The zero-order chi connectivity index (χ0) is 16.4. The third-order valence-corrected chi connectivity index (χ3v) is 3.68. The molecule has 3 aromatic rings. The Morgan fingerprint density at radius 3 is 2.91 bits per heavy atom. The molecule has 1 heterocycles. The summed E-state index contributed by atoms with van der Waals surface area (Å²) in [4.78, 5) is 19.0. The minimum Gasteiger partial charge on any atom is -0.465 e. The number of aromatic amines is 1. The summed E-state index contributed by atoms with van der Waals surface area (Å²) in [6, 6.07) is 10.6. The fourth-order valence-corrected chi connectivity index (χ4v) is 2.53. The van der Waals surface area contributed by atoms with Gasteiger partial charge in [-0.25, -0.2) is 9.78 Å². The molecule has 0 fully saturated rings. The van der Waals surface area contributed by atoms with E-state index in [9.17, 15) is 15.2 Å². The molecule has 23 heavy (non-hydrogen) atoms. The first kappa shape index (κ1) is 14.8. The summed E-state index contributed by atoms with van der Waals surface area (Å²) >= 11 is 0. The summed E-state index contributed by atoms with van der Waals surface area (Å²) in [7, 11) is 1.28. The number of carbonyl (C=O) groups excluding carboxylic acids is 1. The number of nitrogens with one attached hydrogen (secondary N) is 1. The molecule has 6 heteroatoms. The molecule has 3 rings (SSSR count). The number of ether oxygens (including phenoxy) is 1. The van der Waals surface area contributed by atoms with Crippen LogP contribution < -0.4 is 0 Å². The number of fused-ring (bicyclic) bond motifs is 1. The summed E-state index contributed by atoms with van der Waals surface area (Å²) < 4.78 is 4.73. The van der Waals surface area contributed by atoms with Crippen molar-refractivity contribution in [1.29, 1.82) is 5.26 Å². The van der Waals surface area contributed by atoms with Crippen molar-refractivity contribution in [2.75, 3.05) is 7.11 Å². The van der Waals surface area contributed by atoms with Gasteiger partial charge in [0.05, 0.1) is 48.3 Å². The SMILES string of the molecule is COC(=O)c1cc(C#N)c(CO)c(-c2ccc3[nH]cnc3c2)c1. The highest BCUT2D eigenvalue weighted by Crippen LogP contribution is 2.30. The van der Waals surface area contributed by atoms with Crippen molar-refractivity contribution in [3.05, 3.63) is 53.3 Å². The lowest BCUT2D eigenvalue weighted by Gasteiger charge is -2.12. The molecule has 0 unspecified atom stereocenters. The lowest BCUT2D eigenvalue weighted by atomic mass is 9.93. The van der Waals surface area contributed by atoms with E-state index in [1.165, 1.54) is 13.2 Å². The molecule has 0 aliphatic rings. The molecule has 1 aromatic heterocycles. The number of rotatable bonds is 3. The zero-order valence-electron chi connectivity index (χ0n) is 12.3. The first-order valence-corrected chi connectivity index (χ1v) is 6.87. The summed E-state index contributed by atoms with van der Waals surface area (Å²) in [5.41, 5.74) is 3.98. The topological polar surface area (TPSA) is 99.0 Å². The summed E-state index contributed by atoms with van der Waals surface area (Å²) in [5.74, 6) is -0.534. The molecule has 0 spiro atoms. The van der Waals surface area contributed by atoms with Crippen molar-refractivity contribution >= 4 is 17.0 Å². The van der Waals surface area contributed by atoms with Crippen LogP contribution in [0.5, 0.6) is 0 Å². The highest BCUT2D eigenvalue weighted by Gasteiger charge is 2.16. The minimum absolute atomic E-state index is 0.243. The number of hydrogen-bond acceptors (Lipinski definition) is 5. The van der Waals surface area contributed by atoms with E-state index < -0.39 is 5.97 Å². The van der Waals surface area contributed by atoms with Crippen LogP contribution in [-0.2, 0) is 11.3 Å². The fourth-order valence-electron chi connectivity index (χ4n) is 2.53. The molecule has 0 aliphatic heterocycles. The van der Waals surface area contributed by atoms with Gasteiger partial charge in [-0.05, 0) is 35.4 Å². The van der Waals surface area contributed by atoms with E-state index in [1.54, 1.807) is 12.4 Å². The second-order valence-electron chi connectivity index (χ2n) is 4.95. The molecular formula is C17H13N3O3. The Kier molecular flexibility index (Phi) is 3.79. The molecule has 6 nitrogen and oxygen atoms in total. The normalized spacial score (nSPS) is 10.5. The van der Waals surface area contributed by atoms with Gasteiger partial charge in [-0.3, -0.25) is 0 Å². The van der Waals surface area contributed by atoms with E-state index in [-0.39, 0.29) is 17.7 Å². The molecule has 0 saturated carbocycles. The molecule has 0 bridgehead atoms. The van der Waals surface area contributed by atoms with Gasteiger partial charge in [0.2, 0.25) is 0 Å². The number of aliphatic hydroxyl groups excluding tert-OH is 1. The van der Waals surface area contributed by atoms with Gasteiger partial charge in [0, 0.05) is 5.56 Å². The number of aliphatic hydroxyl groups is 1. The number of benzene rings is 2. The van der Waals surface area contributed by atoms with E-state index in [2.05, 4.69) is 9.97 Å². The Balaban J connectivity index is 2.27. The Bertz CT molecular complexity index is 938. The first-order valence-electron chi connectivity index (χ1n) is 6.87. The van der Waals surface area contributed by atoms with Gasteiger partial charge in [-0.15, -0.1) is 0 Å². The molecule has 0 atom stereocenters. The summed E-state index contributed by atoms with van der Waals surface area (Å²) in [6.07, 6.45) is 1.59. The fraction of sp³-hybridized carbons (Fsp3) is 0.118. The van der Waals surface area contributed by atoms with Gasteiger partial charge in [0.1, 0.15) is 0 Å². The number of nitriles is 1. The van der Waals surface area contributed by atoms with Crippen molar-refractivity contribution < 1.29 is 14.6 Å². The van der Waals surface area contributed by atoms with Gasteiger partial charge in [-0.2, -0.15) is 5.26 Å². The number of esters is 1. The Morgan fingerprint density at radius 2 is 2.22 bits per heavy atom. The molecule has 0 saturated heterocycles. The van der Waals surface area contributed by atoms with Gasteiger partial charge >= 0.3 is 5.97 Å². The van der Waals surface area contributed by atoms with Gasteiger partial charge in [0.25, 0.3) is 0 Å². The lowest BCUT2D eigenvalue weighted by Crippen LogP contribution is -2.05. The van der Waals surface area contributed by atoms with Gasteiger partial charge in [0.15, 0.2) is 0 Å². The van der Waals surface area contributed by atoms with Crippen LogP contribution in [0.4, 0.5) is 0 Å². The number of imidazole rings is 1. The van der Waals surface area contributed by atoms with Crippen molar-refractivity contribution in [1.82, 2.24) is 9.97 Å². The maximum atomic E-state index is 11.8. The Morgan fingerprint density at radius 1 is 1.39 bits per heavy atom. The molecule has 2 aromatic carbocycles. The maximum Gasteiger partial charge on any atom is 0.337 e. The largest absolute Gasteiger partial charge is 0.465 e. The van der Waals surface area contributed by atoms with E-state index in [0.29, 0.717) is 11.1 Å². The van der Waals surface area contributed by atoms with Crippen LogP contribution in [0, 0.1) is 11.3 Å². The Labute approximate surface area is 132 Å². The predicted molar refractivity (Wildman–Crippen MR) is 83.5 cm³/mol. The zero-order valence-corrected chi connectivity index (χ0v) is 12.3. The van der Waals surface area contributed by atoms with E-state index >= 15 is 0 Å².